The molecule has 1 N–H and O–H groups in total. The SMILES string of the molecule is [2H]C([2H])([2H])n1ncc(-c2ncnc3cc(OC)c(NC(=O)C4(C(F)(F)F)CC4)nc23)c1-c1ccccc1. The van der Waals surface area contributed by atoms with Crippen molar-refractivity contribution in [1.29, 1.82) is 0 Å². The number of fused-ring (bicyclic) bond motifs is 1. The Morgan fingerprint density at radius 3 is 2.65 bits per heavy atom. The Labute approximate surface area is 196 Å². The molecular formula is C23H19F3N6O2. The van der Waals surface area contributed by atoms with Gasteiger partial charge in [0.1, 0.15) is 23.0 Å². The first-order chi connectivity index (χ1) is 17.5. The number of methoxy groups -OCH3 is 1. The smallest absolute Gasteiger partial charge is 0.403 e. The number of rotatable bonds is 5. The maximum Gasteiger partial charge on any atom is 0.403 e. The van der Waals surface area contributed by atoms with Crippen LogP contribution in [0.3, 0.4) is 0 Å². The summed E-state index contributed by atoms with van der Waals surface area (Å²) in [5, 5.41) is 6.32. The standard InChI is InChI=1S/C23H19F3N6O2/c1-32-19(13-6-4-3-5-7-13)14(11-29-32)17-18-15(27-12-28-17)10-16(34-2)20(30-18)31-21(33)22(8-9-22)23(24,25)26/h3-7,10-12H,8-9H2,1-2H3,(H,30,31,33)/i1D3. The van der Waals surface area contributed by atoms with Crippen LogP contribution in [0, 0.1) is 5.41 Å². The van der Waals surface area contributed by atoms with Gasteiger partial charge in [-0.1, -0.05) is 30.3 Å². The zero-order valence-corrected chi connectivity index (χ0v) is 17.7. The quantitative estimate of drug-likeness (QED) is 0.464. The minimum atomic E-state index is -4.70. The molecule has 5 rings (SSSR count). The Balaban J connectivity index is 1.68. The number of aromatic nitrogens is 5. The molecule has 4 aromatic rings. The van der Waals surface area contributed by atoms with Crippen molar-refractivity contribution in [1.82, 2.24) is 24.7 Å². The van der Waals surface area contributed by atoms with Crippen molar-refractivity contribution < 1.29 is 26.8 Å². The highest BCUT2D eigenvalue weighted by Crippen LogP contribution is 2.58. The average Bonchev–Trinajstić information content (AvgIpc) is 3.56. The lowest BCUT2D eigenvalue weighted by atomic mass is 10.0. The molecule has 1 saturated carbocycles. The van der Waals surface area contributed by atoms with Crippen LogP contribution in [0.5, 0.6) is 5.75 Å². The second kappa shape index (κ2) is 7.79. The summed E-state index contributed by atoms with van der Waals surface area (Å²) in [6, 6.07) is 10.1. The van der Waals surface area contributed by atoms with E-state index in [0.29, 0.717) is 11.1 Å². The Kier molecular flexibility index (Phi) is 4.22. The van der Waals surface area contributed by atoms with Gasteiger partial charge in [0.2, 0.25) is 5.91 Å². The number of hydrogen-bond acceptors (Lipinski definition) is 6. The third kappa shape index (κ3) is 3.44. The summed E-state index contributed by atoms with van der Waals surface area (Å²) in [6.45, 7) is -2.61. The Bertz CT molecular complexity index is 1500. The number of alkyl halides is 3. The van der Waals surface area contributed by atoms with Crippen molar-refractivity contribution in [3.8, 4) is 28.3 Å². The molecule has 1 aliphatic rings. The van der Waals surface area contributed by atoms with Crippen LogP contribution in [0.2, 0.25) is 0 Å². The molecule has 1 fully saturated rings. The van der Waals surface area contributed by atoms with E-state index in [1.165, 1.54) is 25.7 Å². The molecule has 1 aliphatic carbocycles. The maximum atomic E-state index is 13.5. The molecule has 0 atom stereocenters. The predicted molar refractivity (Wildman–Crippen MR) is 118 cm³/mol. The lowest BCUT2D eigenvalue weighted by Gasteiger charge is -2.19. The van der Waals surface area contributed by atoms with Crippen LogP contribution in [0.15, 0.2) is 48.9 Å². The zero-order valence-electron chi connectivity index (χ0n) is 20.7. The number of pyridine rings is 1. The van der Waals surface area contributed by atoms with E-state index in [1.54, 1.807) is 30.3 Å². The third-order valence-corrected chi connectivity index (χ3v) is 5.83. The van der Waals surface area contributed by atoms with Gasteiger partial charge in [0.05, 0.1) is 24.5 Å². The van der Waals surface area contributed by atoms with E-state index in [0.717, 1.165) is 4.68 Å². The number of nitrogens with zero attached hydrogens (tertiary/aromatic N) is 5. The van der Waals surface area contributed by atoms with Crippen molar-refractivity contribution in [3.63, 3.8) is 0 Å². The predicted octanol–water partition coefficient (Wildman–Crippen LogP) is 4.38. The lowest BCUT2D eigenvalue weighted by molar-refractivity contribution is -0.189. The second-order valence-corrected chi connectivity index (χ2v) is 7.85. The molecule has 0 unspecified atom stereocenters. The van der Waals surface area contributed by atoms with Gasteiger partial charge in [-0.05, 0) is 12.8 Å². The largest absolute Gasteiger partial charge is 0.493 e. The molecule has 11 heteroatoms. The summed E-state index contributed by atoms with van der Waals surface area (Å²) < 4.78 is 70.3. The van der Waals surface area contributed by atoms with Crippen LogP contribution in [0.1, 0.15) is 17.0 Å². The highest BCUT2D eigenvalue weighted by atomic mass is 19.4. The summed E-state index contributed by atoms with van der Waals surface area (Å²) in [5.41, 5.74) is -0.840. The van der Waals surface area contributed by atoms with Crippen LogP contribution in [0.4, 0.5) is 19.0 Å². The average molecular weight is 471 g/mol. The van der Waals surface area contributed by atoms with Gasteiger partial charge in [-0.3, -0.25) is 9.48 Å². The van der Waals surface area contributed by atoms with Gasteiger partial charge in [0, 0.05) is 28.3 Å². The molecule has 0 bridgehead atoms. The van der Waals surface area contributed by atoms with Crippen molar-refractivity contribution in [3.05, 3.63) is 48.9 Å². The number of halogens is 3. The molecule has 3 heterocycles. The number of carbonyl (C=O) groups is 1. The molecule has 0 radical (unpaired) electrons. The van der Waals surface area contributed by atoms with Crippen molar-refractivity contribution in [2.24, 2.45) is 12.4 Å². The number of hydrogen-bond donors (Lipinski definition) is 1. The normalized spacial score (nSPS) is 16.4. The summed E-state index contributed by atoms with van der Waals surface area (Å²) in [5.74, 6) is -1.47. The van der Waals surface area contributed by atoms with Crippen molar-refractivity contribution in [2.45, 2.75) is 19.0 Å². The molecule has 0 spiro atoms. The molecular weight excluding hydrogens is 449 g/mol. The Morgan fingerprint density at radius 2 is 2.00 bits per heavy atom. The highest BCUT2D eigenvalue weighted by molar-refractivity contribution is 6.00. The highest BCUT2D eigenvalue weighted by Gasteiger charge is 2.68. The van der Waals surface area contributed by atoms with E-state index < -0.39 is 24.5 Å². The van der Waals surface area contributed by atoms with Gasteiger partial charge in [0.25, 0.3) is 0 Å². The van der Waals surface area contributed by atoms with E-state index in [-0.39, 0.29) is 46.8 Å². The molecule has 3 aromatic heterocycles. The number of ether oxygens (including phenoxy) is 1. The van der Waals surface area contributed by atoms with E-state index in [9.17, 15) is 18.0 Å². The lowest BCUT2D eigenvalue weighted by Crippen LogP contribution is -2.37. The fourth-order valence-electron chi connectivity index (χ4n) is 3.80. The molecule has 0 saturated heterocycles. The van der Waals surface area contributed by atoms with Gasteiger partial charge in [-0.25, -0.2) is 15.0 Å². The van der Waals surface area contributed by atoms with Gasteiger partial charge in [-0.2, -0.15) is 18.3 Å². The van der Waals surface area contributed by atoms with Crippen LogP contribution >= 0.6 is 0 Å². The van der Waals surface area contributed by atoms with E-state index in [2.05, 4.69) is 25.4 Å². The van der Waals surface area contributed by atoms with Gasteiger partial charge in [-0.15, -0.1) is 0 Å². The summed E-state index contributed by atoms with van der Waals surface area (Å²) in [6.07, 6.45) is -2.78. The first-order valence-electron chi connectivity index (χ1n) is 11.7. The number of amides is 1. The number of benzene rings is 1. The molecule has 1 amide bonds. The monoisotopic (exact) mass is 471 g/mol. The Morgan fingerprint density at radius 1 is 1.24 bits per heavy atom. The molecule has 0 aliphatic heterocycles. The van der Waals surface area contributed by atoms with Crippen LogP contribution in [-0.2, 0) is 11.8 Å². The van der Waals surface area contributed by atoms with Gasteiger partial charge < -0.3 is 10.1 Å². The summed E-state index contributed by atoms with van der Waals surface area (Å²) >= 11 is 0. The fraction of sp³-hybridized carbons (Fsp3) is 0.261. The third-order valence-electron chi connectivity index (χ3n) is 5.83. The number of carbonyl (C=O) groups excluding carboxylic acids is 1. The summed E-state index contributed by atoms with van der Waals surface area (Å²) in [7, 11) is 1.28. The zero-order chi connectivity index (χ0) is 26.6. The topological polar surface area (TPSA) is 94.8 Å². The fourth-order valence-corrected chi connectivity index (χ4v) is 3.80. The second-order valence-electron chi connectivity index (χ2n) is 7.85. The van der Waals surface area contributed by atoms with Gasteiger partial charge in [0.15, 0.2) is 11.6 Å². The number of aryl methyl sites for hydroxylation is 1. The minimum Gasteiger partial charge on any atom is -0.493 e. The first-order valence-corrected chi connectivity index (χ1v) is 10.2. The minimum absolute atomic E-state index is 0.00458. The molecule has 174 valence electrons. The maximum absolute atomic E-state index is 13.5. The Hall–Kier alpha value is -4.02. The van der Waals surface area contributed by atoms with E-state index in [4.69, 9.17) is 8.85 Å². The van der Waals surface area contributed by atoms with Crippen molar-refractivity contribution >= 4 is 22.8 Å². The molecule has 34 heavy (non-hydrogen) atoms. The van der Waals surface area contributed by atoms with Crippen LogP contribution in [0.25, 0.3) is 33.5 Å². The summed E-state index contributed by atoms with van der Waals surface area (Å²) in [4.78, 5) is 25.4. The number of nitrogens with one attached hydrogen (secondary N) is 1. The number of anilines is 1. The van der Waals surface area contributed by atoms with Crippen LogP contribution < -0.4 is 10.1 Å². The van der Waals surface area contributed by atoms with E-state index in [1.807, 2.05) is 0 Å². The van der Waals surface area contributed by atoms with Gasteiger partial charge >= 0.3 is 6.18 Å². The first kappa shape index (κ1) is 18.4. The molecule has 1 aromatic carbocycles. The van der Waals surface area contributed by atoms with E-state index >= 15 is 0 Å². The molecule has 8 nitrogen and oxygen atoms in total. The van der Waals surface area contributed by atoms with Crippen LogP contribution in [-0.4, -0.2) is 43.9 Å². The van der Waals surface area contributed by atoms with Crippen molar-refractivity contribution in [2.75, 3.05) is 12.4 Å².